The van der Waals surface area contributed by atoms with Gasteiger partial charge in [0.15, 0.2) is 0 Å². The van der Waals surface area contributed by atoms with Crippen molar-refractivity contribution in [1.82, 2.24) is 5.32 Å². The number of cyclic esters (lactones) is 1. The molecular weight excluding hydrogens is 259 g/mol. The SMILES string of the molecule is O=C1C=C(NC(=O)SNc2ccc(F)cc2)CO1. The van der Waals surface area contributed by atoms with Crippen LogP contribution in [0.4, 0.5) is 14.9 Å². The number of nitrogens with one attached hydrogen (secondary N) is 2. The van der Waals surface area contributed by atoms with Crippen molar-refractivity contribution in [2.75, 3.05) is 11.3 Å². The summed E-state index contributed by atoms with van der Waals surface area (Å²) in [6.45, 7) is 0.0711. The lowest BCUT2D eigenvalue weighted by Gasteiger charge is -2.06. The average Bonchev–Trinajstić information content (AvgIpc) is 2.74. The zero-order valence-corrected chi connectivity index (χ0v) is 9.92. The van der Waals surface area contributed by atoms with Gasteiger partial charge in [-0.1, -0.05) is 0 Å². The van der Waals surface area contributed by atoms with Gasteiger partial charge in [-0.25, -0.2) is 9.18 Å². The number of ether oxygens (including phenoxy) is 1. The van der Waals surface area contributed by atoms with Crippen LogP contribution in [0.2, 0.25) is 0 Å². The molecule has 0 radical (unpaired) electrons. The third-order valence-electron chi connectivity index (χ3n) is 2.03. The van der Waals surface area contributed by atoms with Crippen LogP contribution in [-0.2, 0) is 9.53 Å². The molecule has 0 spiro atoms. The van der Waals surface area contributed by atoms with Gasteiger partial charge in [-0.3, -0.25) is 4.79 Å². The molecule has 2 N–H and O–H groups in total. The Bertz CT molecular complexity index is 502. The Kier molecular flexibility index (Phi) is 3.83. The van der Waals surface area contributed by atoms with Crippen LogP contribution in [0.1, 0.15) is 0 Å². The quantitative estimate of drug-likeness (QED) is 0.648. The molecule has 1 heterocycles. The number of benzene rings is 1. The summed E-state index contributed by atoms with van der Waals surface area (Å²) in [7, 11) is 0. The second-order valence-corrected chi connectivity index (χ2v) is 4.18. The molecule has 1 aromatic carbocycles. The van der Waals surface area contributed by atoms with E-state index in [1.165, 1.54) is 30.3 Å². The van der Waals surface area contributed by atoms with Crippen molar-refractivity contribution in [1.29, 1.82) is 0 Å². The fourth-order valence-electron chi connectivity index (χ4n) is 1.23. The number of hydrogen-bond donors (Lipinski definition) is 2. The van der Waals surface area contributed by atoms with E-state index in [1.54, 1.807) is 0 Å². The highest BCUT2D eigenvalue weighted by molar-refractivity contribution is 8.14. The Balaban J connectivity index is 1.80. The normalized spacial score (nSPS) is 13.8. The molecule has 1 aliphatic rings. The molecule has 0 aliphatic carbocycles. The Morgan fingerprint density at radius 3 is 2.67 bits per heavy atom. The molecule has 0 saturated carbocycles. The number of hydrogen-bond acceptors (Lipinski definition) is 5. The lowest BCUT2D eigenvalue weighted by molar-refractivity contribution is -0.134. The summed E-state index contributed by atoms with van der Waals surface area (Å²) in [6.07, 6.45) is 1.22. The summed E-state index contributed by atoms with van der Waals surface area (Å²) in [4.78, 5) is 22.2. The molecule has 0 aromatic heterocycles. The van der Waals surface area contributed by atoms with E-state index in [9.17, 15) is 14.0 Å². The van der Waals surface area contributed by atoms with E-state index in [0.717, 1.165) is 11.9 Å². The van der Waals surface area contributed by atoms with E-state index >= 15 is 0 Å². The number of amides is 1. The van der Waals surface area contributed by atoms with Crippen molar-refractivity contribution >= 4 is 28.8 Å². The van der Waals surface area contributed by atoms with Crippen LogP contribution in [0.15, 0.2) is 36.0 Å². The van der Waals surface area contributed by atoms with Crippen molar-refractivity contribution in [3.8, 4) is 0 Å². The van der Waals surface area contributed by atoms with Crippen LogP contribution in [0.25, 0.3) is 0 Å². The van der Waals surface area contributed by atoms with E-state index < -0.39 is 5.97 Å². The summed E-state index contributed by atoms with van der Waals surface area (Å²) in [6, 6.07) is 5.59. The van der Waals surface area contributed by atoms with E-state index in [0.29, 0.717) is 11.4 Å². The summed E-state index contributed by atoms with van der Waals surface area (Å²) < 4.78 is 20.0. The van der Waals surface area contributed by atoms with Crippen molar-refractivity contribution in [3.63, 3.8) is 0 Å². The van der Waals surface area contributed by atoms with Crippen molar-refractivity contribution in [2.24, 2.45) is 0 Å². The molecule has 94 valence electrons. The Hall–Kier alpha value is -2.02. The molecule has 1 aliphatic heterocycles. The van der Waals surface area contributed by atoms with E-state index in [2.05, 4.69) is 14.8 Å². The largest absolute Gasteiger partial charge is 0.456 e. The van der Waals surface area contributed by atoms with Gasteiger partial charge >= 0.3 is 11.2 Å². The zero-order valence-electron chi connectivity index (χ0n) is 9.10. The zero-order chi connectivity index (χ0) is 13.0. The molecular formula is C11H9FN2O3S. The lowest BCUT2D eigenvalue weighted by atomic mass is 10.3. The molecule has 1 aromatic rings. The number of anilines is 1. The van der Waals surface area contributed by atoms with Gasteiger partial charge in [0.2, 0.25) is 0 Å². The first-order valence-corrected chi connectivity index (χ1v) is 5.82. The van der Waals surface area contributed by atoms with Gasteiger partial charge in [0.25, 0.3) is 0 Å². The minimum Gasteiger partial charge on any atom is -0.456 e. The van der Waals surface area contributed by atoms with Crippen LogP contribution in [0, 0.1) is 5.82 Å². The summed E-state index contributed by atoms with van der Waals surface area (Å²) >= 11 is 0.793. The van der Waals surface area contributed by atoms with Gasteiger partial charge in [0, 0.05) is 23.7 Å². The summed E-state index contributed by atoms with van der Waals surface area (Å²) in [5.74, 6) is -0.816. The monoisotopic (exact) mass is 268 g/mol. The summed E-state index contributed by atoms with van der Waals surface area (Å²) in [5.41, 5.74) is 1.02. The molecule has 0 fully saturated rings. The number of esters is 1. The van der Waals surface area contributed by atoms with Gasteiger partial charge in [0.1, 0.15) is 12.4 Å². The number of halogens is 1. The highest BCUT2D eigenvalue weighted by Gasteiger charge is 2.15. The van der Waals surface area contributed by atoms with Crippen LogP contribution in [0.5, 0.6) is 0 Å². The molecule has 2 rings (SSSR count). The average molecular weight is 268 g/mol. The van der Waals surface area contributed by atoms with Crippen LogP contribution in [-0.4, -0.2) is 17.8 Å². The number of rotatable bonds is 3. The van der Waals surface area contributed by atoms with Crippen molar-refractivity contribution in [2.45, 2.75) is 0 Å². The first-order valence-electron chi connectivity index (χ1n) is 5.00. The first kappa shape index (κ1) is 12.4. The van der Waals surface area contributed by atoms with Crippen LogP contribution >= 0.6 is 11.9 Å². The van der Waals surface area contributed by atoms with Crippen molar-refractivity contribution in [3.05, 3.63) is 41.9 Å². The number of carbonyl (C=O) groups excluding carboxylic acids is 2. The Morgan fingerprint density at radius 1 is 1.33 bits per heavy atom. The first-order chi connectivity index (χ1) is 8.63. The standard InChI is InChI=1S/C11H9FN2O3S/c12-7-1-3-8(4-2-7)14-18-11(16)13-9-5-10(15)17-6-9/h1-5,14H,6H2,(H,13,16). The highest BCUT2D eigenvalue weighted by atomic mass is 32.2. The molecule has 0 saturated heterocycles. The maximum absolute atomic E-state index is 12.6. The Morgan fingerprint density at radius 2 is 2.06 bits per heavy atom. The molecule has 0 unspecified atom stereocenters. The third-order valence-corrected chi connectivity index (χ3v) is 2.66. The van der Waals surface area contributed by atoms with Crippen molar-refractivity contribution < 1.29 is 18.7 Å². The second-order valence-electron chi connectivity index (χ2n) is 3.40. The fraction of sp³-hybridized carbons (Fsp3) is 0.0909. The van der Waals surface area contributed by atoms with E-state index in [4.69, 9.17) is 0 Å². The van der Waals surface area contributed by atoms with Crippen LogP contribution in [0.3, 0.4) is 0 Å². The molecule has 18 heavy (non-hydrogen) atoms. The minimum absolute atomic E-state index is 0.0711. The molecule has 1 amide bonds. The maximum Gasteiger partial charge on any atom is 0.333 e. The predicted molar refractivity (Wildman–Crippen MR) is 65.2 cm³/mol. The molecule has 0 bridgehead atoms. The minimum atomic E-state index is -0.471. The van der Waals surface area contributed by atoms with Gasteiger partial charge in [-0.15, -0.1) is 0 Å². The van der Waals surface area contributed by atoms with Crippen LogP contribution < -0.4 is 10.0 Å². The summed E-state index contributed by atoms with van der Waals surface area (Å²) in [5, 5.41) is 2.11. The van der Waals surface area contributed by atoms with Gasteiger partial charge in [-0.05, 0) is 24.3 Å². The predicted octanol–water partition coefficient (Wildman–Crippen LogP) is 2.04. The second kappa shape index (κ2) is 5.54. The smallest absolute Gasteiger partial charge is 0.333 e. The van der Waals surface area contributed by atoms with Gasteiger partial charge in [0.05, 0.1) is 5.70 Å². The molecule has 7 heteroatoms. The van der Waals surface area contributed by atoms with Gasteiger partial charge in [-0.2, -0.15) is 0 Å². The number of carbonyl (C=O) groups is 2. The highest BCUT2D eigenvalue weighted by Crippen LogP contribution is 2.14. The van der Waals surface area contributed by atoms with Gasteiger partial charge < -0.3 is 14.8 Å². The topological polar surface area (TPSA) is 67.4 Å². The lowest BCUT2D eigenvalue weighted by Crippen LogP contribution is -2.20. The maximum atomic E-state index is 12.6. The Labute approximate surface area is 107 Å². The molecule has 5 nitrogen and oxygen atoms in total. The third kappa shape index (κ3) is 3.49. The van der Waals surface area contributed by atoms with E-state index in [1.807, 2.05) is 0 Å². The molecule has 0 atom stereocenters. The van der Waals surface area contributed by atoms with E-state index in [-0.39, 0.29) is 17.7 Å². The fourth-order valence-corrected chi connectivity index (χ4v) is 1.76.